The van der Waals surface area contributed by atoms with Crippen molar-refractivity contribution in [3.8, 4) is 0 Å². The number of ketones is 1. The van der Waals surface area contributed by atoms with Crippen LogP contribution < -0.4 is 0 Å². The lowest BCUT2D eigenvalue weighted by molar-refractivity contribution is -0.139. The highest BCUT2D eigenvalue weighted by atomic mass is 16.6. The summed E-state index contributed by atoms with van der Waals surface area (Å²) in [5.74, 6) is -0.218. The number of esters is 1. The van der Waals surface area contributed by atoms with Crippen LogP contribution in [-0.4, -0.2) is 29.1 Å². The van der Waals surface area contributed by atoms with Crippen molar-refractivity contribution in [3.63, 3.8) is 0 Å². The van der Waals surface area contributed by atoms with Crippen molar-refractivity contribution in [2.45, 2.75) is 45.3 Å². The Bertz CT molecular complexity index is 449. The van der Waals surface area contributed by atoms with Gasteiger partial charge in [0, 0.05) is 17.9 Å². The van der Waals surface area contributed by atoms with Crippen LogP contribution in [0.5, 0.6) is 0 Å². The van der Waals surface area contributed by atoms with Gasteiger partial charge in [0.25, 0.3) is 0 Å². The Labute approximate surface area is 113 Å². The van der Waals surface area contributed by atoms with E-state index in [1.165, 1.54) is 6.92 Å². The highest BCUT2D eigenvalue weighted by Gasteiger charge is 2.41. The zero-order valence-corrected chi connectivity index (χ0v) is 11.4. The molecule has 1 aliphatic heterocycles. The van der Waals surface area contributed by atoms with Crippen LogP contribution in [0.1, 0.15) is 33.1 Å². The molecule has 104 valence electrons. The van der Waals surface area contributed by atoms with E-state index in [4.69, 9.17) is 4.74 Å². The van der Waals surface area contributed by atoms with Crippen LogP contribution in [0.4, 0.5) is 0 Å². The number of rotatable bonds is 3. The summed E-state index contributed by atoms with van der Waals surface area (Å²) in [6.45, 7) is 7.25. The number of aliphatic hydroxyl groups is 1. The molecule has 2 aliphatic rings. The van der Waals surface area contributed by atoms with E-state index in [1.807, 2.05) is 13.0 Å². The number of carbonyl (C=O) groups is 2. The molecule has 4 nitrogen and oxygen atoms in total. The average molecular weight is 264 g/mol. The molecule has 1 fully saturated rings. The van der Waals surface area contributed by atoms with Gasteiger partial charge in [0.2, 0.25) is 0 Å². The average Bonchev–Trinajstić information content (AvgIpc) is 2.47. The van der Waals surface area contributed by atoms with E-state index in [9.17, 15) is 14.7 Å². The van der Waals surface area contributed by atoms with Gasteiger partial charge in [0.15, 0.2) is 0 Å². The number of fused-ring (bicyclic) bond motifs is 1. The van der Waals surface area contributed by atoms with E-state index in [0.29, 0.717) is 18.4 Å². The Morgan fingerprint density at radius 1 is 1.63 bits per heavy atom. The van der Waals surface area contributed by atoms with Crippen LogP contribution in [0.25, 0.3) is 0 Å². The summed E-state index contributed by atoms with van der Waals surface area (Å²) in [5.41, 5.74) is 1.41. The van der Waals surface area contributed by atoms with Crippen molar-refractivity contribution < 1.29 is 19.4 Å². The molecule has 0 spiro atoms. The second kappa shape index (κ2) is 5.29. The van der Waals surface area contributed by atoms with Gasteiger partial charge >= 0.3 is 5.97 Å². The number of hydrogen-bond donors (Lipinski definition) is 1. The van der Waals surface area contributed by atoms with Crippen LogP contribution in [0, 0.1) is 11.8 Å². The third-order valence-electron chi connectivity index (χ3n) is 4.04. The summed E-state index contributed by atoms with van der Waals surface area (Å²) in [4.78, 5) is 22.6. The van der Waals surface area contributed by atoms with E-state index in [0.717, 1.165) is 5.57 Å². The van der Waals surface area contributed by atoms with Gasteiger partial charge < -0.3 is 9.84 Å². The second-order valence-corrected chi connectivity index (χ2v) is 5.57. The fourth-order valence-electron chi connectivity index (χ4n) is 2.98. The molecule has 0 saturated carbocycles. The fraction of sp³-hybridized carbons (Fsp3) is 0.600. The van der Waals surface area contributed by atoms with Crippen molar-refractivity contribution in [3.05, 3.63) is 23.8 Å². The lowest BCUT2D eigenvalue weighted by atomic mass is 9.89. The third kappa shape index (κ3) is 2.78. The molecule has 2 rings (SSSR count). The van der Waals surface area contributed by atoms with Crippen molar-refractivity contribution >= 4 is 11.8 Å². The molecular weight excluding hydrogens is 244 g/mol. The molecule has 0 aromatic carbocycles. The zero-order valence-electron chi connectivity index (χ0n) is 11.4. The molecule has 1 aliphatic carbocycles. The van der Waals surface area contributed by atoms with Crippen LogP contribution in [0.2, 0.25) is 0 Å². The number of aliphatic hydroxyl groups excluding tert-OH is 1. The van der Waals surface area contributed by atoms with Gasteiger partial charge in [-0.3, -0.25) is 4.79 Å². The highest BCUT2D eigenvalue weighted by Crippen LogP contribution is 2.39. The van der Waals surface area contributed by atoms with Gasteiger partial charge in [0.05, 0.1) is 6.10 Å². The smallest absolute Gasteiger partial charge is 0.334 e. The zero-order chi connectivity index (χ0) is 14.2. The largest absolute Gasteiger partial charge is 0.458 e. The van der Waals surface area contributed by atoms with Gasteiger partial charge in [-0.15, -0.1) is 0 Å². The van der Waals surface area contributed by atoms with Crippen LogP contribution in [0.3, 0.4) is 0 Å². The van der Waals surface area contributed by atoms with Crippen LogP contribution in [-0.2, 0) is 14.3 Å². The number of ether oxygens (including phenoxy) is 1. The van der Waals surface area contributed by atoms with Crippen molar-refractivity contribution in [1.29, 1.82) is 0 Å². The van der Waals surface area contributed by atoms with Crippen molar-refractivity contribution in [1.82, 2.24) is 0 Å². The predicted molar refractivity (Wildman–Crippen MR) is 70.3 cm³/mol. The van der Waals surface area contributed by atoms with Gasteiger partial charge in [-0.25, -0.2) is 4.79 Å². The van der Waals surface area contributed by atoms with E-state index in [1.54, 1.807) is 0 Å². The number of carbonyl (C=O) groups excluding carboxylic acids is 2. The minimum atomic E-state index is -0.727. The van der Waals surface area contributed by atoms with Crippen molar-refractivity contribution in [2.24, 2.45) is 11.8 Å². The van der Waals surface area contributed by atoms with Gasteiger partial charge in [-0.2, -0.15) is 0 Å². The predicted octanol–water partition coefficient (Wildman–Crippen LogP) is 1.78. The lowest BCUT2D eigenvalue weighted by Crippen LogP contribution is -2.22. The summed E-state index contributed by atoms with van der Waals surface area (Å²) in [6.07, 6.45) is 2.55. The lowest BCUT2D eigenvalue weighted by Gasteiger charge is -2.21. The summed E-state index contributed by atoms with van der Waals surface area (Å²) in [5, 5.41) is 10.1. The first-order chi connectivity index (χ1) is 8.90. The van der Waals surface area contributed by atoms with E-state index < -0.39 is 6.10 Å². The maximum atomic E-state index is 11.5. The molecule has 0 amide bonds. The molecule has 0 unspecified atom stereocenters. The number of hydrogen-bond acceptors (Lipinski definition) is 4. The van der Waals surface area contributed by atoms with E-state index in [2.05, 4.69) is 6.58 Å². The molecule has 4 heteroatoms. The number of allylic oxidation sites excluding steroid dienone is 1. The minimum Gasteiger partial charge on any atom is -0.458 e. The molecule has 0 bridgehead atoms. The quantitative estimate of drug-likeness (QED) is 0.479. The second-order valence-electron chi connectivity index (χ2n) is 5.57. The molecule has 0 aromatic heterocycles. The maximum Gasteiger partial charge on any atom is 0.334 e. The maximum absolute atomic E-state index is 11.5. The first-order valence-electron chi connectivity index (χ1n) is 6.67. The first-order valence-corrected chi connectivity index (χ1v) is 6.67. The normalized spacial score (nSPS) is 32.2. The molecule has 19 heavy (non-hydrogen) atoms. The Morgan fingerprint density at radius 2 is 2.32 bits per heavy atom. The number of Topliss-reactive ketones (excluding diaryl/α,β-unsaturated/α-hetero) is 1. The van der Waals surface area contributed by atoms with Gasteiger partial charge in [0.1, 0.15) is 11.9 Å². The van der Waals surface area contributed by atoms with Crippen molar-refractivity contribution in [2.75, 3.05) is 0 Å². The fourth-order valence-corrected chi connectivity index (χ4v) is 2.98. The van der Waals surface area contributed by atoms with E-state index in [-0.39, 0.29) is 36.1 Å². The summed E-state index contributed by atoms with van der Waals surface area (Å²) >= 11 is 0. The molecule has 1 heterocycles. The monoisotopic (exact) mass is 264 g/mol. The van der Waals surface area contributed by atoms with Gasteiger partial charge in [-0.1, -0.05) is 19.6 Å². The van der Waals surface area contributed by atoms with E-state index >= 15 is 0 Å². The SMILES string of the molecule is C=C1C(=O)O[C@@H]2C[C@H](C)C([C@H](O)CC(C)=O)=CC[C@H]12. The van der Waals surface area contributed by atoms with Crippen LogP contribution >= 0.6 is 0 Å². The third-order valence-corrected chi connectivity index (χ3v) is 4.04. The Morgan fingerprint density at radius 3 is 2.95 bits per heavy atom. The summed E-state index contributed by atoms with van der Waals surface area (Å²) in [6, 6.07) is 0. The Hall–Kier alpha value is -1.42. The Kier molecular flexibility index (Phi) is 3.90. The summed E-state index contributed by atoms with van der Waals surface area (Å²) in [7, 11) is 0. The standard InChI is InChI=1S/C15H20O4/c1-8-6-14-12(10(3)15(18)19-14)5-4-11(8)13(17)7-9(2)16/h4,8,12-14,17H,3,5-7H2,1-2H3/t8-,12+,13+,14+/m0/s1. The molecule has 1 saturated heterocycles. The molecule has 0 radical (unpaired) electrons. The molecule has 1 N–H and O–H groups in total. The first kappa shape index (κ1) is 14.0. The Balaban J connectivity index is 2.15. The molecular formula is C15H20O4. The van der Waals surface area contributed by atoms with Gasteiger partial charge in [-0.05, 0) is 31.3 Å². The molecule has 4 atom stereocenters. The topological polar surface area (TPSA) is 63.6 Å². The summed E-state index contributed by atoms with van der Waals surface area (Å²) < 4.78 is 5.32. The highest BCUT2D eigenvalue weighted by molar-refractivity contribution is 5.90. The molecule has 0 aromatic rings. The minimum absolute atomic E-state index is 0.0111. The van der Waals surface area contributed by atoms with Crippen LogP contribution in [0.15, 0.2) is 23.8 Å².